The molecule has 0 radical (unpaired) electrons. The number of hydrogen-bond donors (Lipinski definition) is 1. The highest BCUT2D eigenvalue weighted by atomic mass is 19.4. The molecule has 0 saturated carbocycles. The van der Waals surface area contributed by atoms with Crippen molar-refractivity contribution >= 4 is 17.6 Å². The highest BCUT2D eigenvalue weighted by molar-refractivity contribution is 5.97. The van der Waals surface area contributed by atoms with Gasteiger partial charge >= 0.3 is 12.1 Å². The van der Waals surface area contributed by atoms with Crippen LogP contribution in [0, 0.1) is 0 Å². The Morgan fingerprint density at radius 2 is 1.68 bits per heavy atom. The van der Waals surface area contributed by atoms with Crippen LogP contribution in [0.25, 0.3) is 0 Å². The molecule has 1 atom stereocenters. The molecule has 1 aromatic carbocycles. The van der Waals surface area contributed by atoms with Crippen molar-refractivity contribution in [1.82, 2.24) is 0 Å². The lowest BCUT2D eigenvalue weighted by molar-refractivity contribution is -0.139. The summed E-state index contributed by atoms with van der Waals surface area (Å²) >= 11 is 0. The number of aliphatic carboxylic acids is 1. The monoisotopic (exact) mass is 275 g/mol. The molecule has 104 valence electrons. The van der Waals surface area contributed by atoms with Gasteiger partial charge in [-0.2, -0.15) is 13.2 Å². The number of halogens is 3. The van der Waals surface area contributed by atoms with Gasteiger partial charge in [-0.05, 0) is 31.2 Å². The largest absolute Gasteiger partial charge is 0.480 e. The minimum absolute atomic E-state index is 0.107. The summed E-state index contributed by atoms with van der Waals surface area (Å²) in [7, 11) is 0. The average Bonchev–Trinajstić information content (AvgIpc) is 2.28. The van der Waals surface area contributed by atoms with Gasteiger partial charge in [0, 0.05) is 12.6 Å². The van der Waals surface area contributed by atoms with Crippen molar-refractivity contribution < 1.29 is 27.9 Å². The smallest absolute Gasteiger partial charge is 0.416 e. The number of benzene rings is 1. The molecule has 0 aliphatic carbocycles. The third kappa shape index (κ3) is 3.46. The zero-order valence-corrected chi connectivity index (χ0v) is 10.2. The van der Waals surface area contributed by atoms with Crippen LogP contribution in [0.15, 0.2) is 24.3 Å². The Labute approximate surface area is 107 Å². The van der Waals surface area contributed by atoms with E-state index in [1.54, 1.807) is 0 Å². The van der Waals surface area contributed by atoms with Gasteiger partial charge in [0.15, 0.2) is 0 Å². The maximum absolute atomic E-state index is 12.4. The van der Waals surface area contributed by atoms with E-state index in [1.165, 1.54) is 6.92 Å². The van der Waals surface area contributed by atoms with Crippen LogP contribution in [0.5, 0.6) is 0 Å². The van der Waals surface area contributed by atoms with Crippen molar-refractivity contribution in [2.45, 2.75) is 26.1 Å². The van der Waals surface area contributed by atoms with E-state index in [0.29, 0.717) is 0 Å². The maximum Gasteiger partial charge on any atom is 0.416 e. The fourth-order valence-electron chi connectivity index (χ4n) is 1.60. The molecule has 1 aromatic rings. The SMILES string of the molecule is CC(=O)N(c1ccc(C(F)(F)F)cc1)C(C)C(=O)O. The molecule has 0 spiro atoms. The summed E-state index contributed by atoms with van der Waals surface area (Å²) in [5.41, 5.74) is -0.752. The lowest BCUT2D eigenvalue weighted by Crippen LogP contribution is -2.42. The van der Waals surface area contributed by atoms with Crippen molar-refractivity contribution in [1.29, 1.82) is 0 Å². The molecular formula is C12H12F3NO3. The van der Waals surface area contributed by atoms with Crippen LogP contribution in [0.1, 0.15) is 19.4 Å². The van der Waals surface area contributed by atoms with Gasteiger partial charge in [-0.1, -0.05) is 0 Å². The highest BCUT2D eigenvalue weighted by Gasteiger charge is 2.31. The summed E-state index contributed by atoms with van der Waals surface area (Å²) in [4.78, 5) is 23.2. The van der Waals surface area contributed by atoms with Gasteiger partial charge in [0.05, 0.1) is 5.56 Å². The van der Waals surface area contributed by atoms with Crippen LogP contribution >= 0.6 is 0 Å². The van der Waals surface area contributed by atoms with E-state index in [9.17, 15) is 22.8 Å². The summed E-state index contributed by atoms with van der Waals surface area (Å²) in [5, 5.41) is 8.87. The standard InChI is InChI=1S/C12H12F3NO3/c1-7(11(18)19)16(8(2)17)10-5-3-9(4-6-10)12(13,14)15/h3-7H,1-2H3,(H,18,19). The first-order chi connectivity index (χ1) is 8.64. The molecule has 1 N–H and O–H groups in total. The predicted octanol–water partition coefficient (Wildman–Crippen LogP) is 2.53. The van der Waals surface area contributed by atoms with Gasteiger partial charge in [0.25, 0.3) is 0 Å². The second-order valence-electron chi connectivity index (χ2n) is 3.95. The van der Waals surface area contributed by atoms with Crippen LogP contribution in [0.3, 0.4) is 0 Å². The van der Waals surface area contributed by atoms with Gasteiger partial charge in [0.1, 0.15) is 6.04 Å². The summed E-state index contributed by atoms with van der Waals surface area (Å²) in [5.74, 6) is -1.80. The molecule has 0 aliphatic heterocycles. The molecule has 0 saturated heterocycles. The molecule has 0 bridgehead atoms. The normalized spacial score (nSPS) is 12.9. The lowest BCUT2D eigenvalue weighted by Gasteiger charge is -2.25. The number of nitrogens with zero attached hydrogens (tertiary/aromatic N) is 1. The van der Waals surface area contributed by atoms with Crippen LogP contribution in [0.2, 0.25) is 0 Å². The third-order valence-electron chi connectivity index (χ3n) is 2.56. The number of rotatable bonds is 3. The van der Waals surface area contributed by atoms with E-state index in [2.05, 4.69) is 0 Å². The van der Waals surface area contributed by atoms with Gasteiger partial charge < -0.3 is 5.11 Å². The van der Waals surface area contributed by atoms with Crippen LogP contribution in [-0.4, -0.2) is 23.0 Å². The number of alkyl halides is 3. The summed E-state index contributed by atoms with van der Waals surface area (Å²) in [6, 6.07) is 2.60. The van der Waals surface area contributed by atoms with Crippen molar-refractivity contribution in [3.05, 3.63) is 29.8 Å². The van der Waals surface area contributed by atoms with E-state index in [0.717, 1.165) is 36.1 Å². The fraction of sp³-hybridized carbons (Fsp3) is 0.333. The second kappa shape index (κ2) is 5.29. The molecule has 0 aromatic heterocycles. The third-order valence-corrected chi connectivity index (χ3v) is 2.56. The predicted molar refractivity (Wildman–Crippen MR) is 61.7 cm³/mol. The van der Waals surface area contributed by atoms with Crippen LogP contribution in [-0.2, 0) is 15.8 Å². The topological polar surface area (TPSA) is 57.6 Å². The van der Waals surface area contributed by atoms with E-state index in [-0.39, 0.29) is 5.69 Å². The summed E-state index contributed by atoms with van der Waals surface area (Å²) < 4.78 is 37.2. The molecule has 19 heavy (non-hydrogen) atoms. The zero-order valence-electron chi connectivity index (χ0n) is 10.2. The minimum atomic E-state index is -4.47. The van der Waals surface area contributed by atoms with Gasteiger partial charge in [0.2, 0.25) is 5.91 Å². The van der Waals surface area contributed by atoms with Crippen LogP contribution in [0.4, 0.5) is 18.9 Å². The number of carbonyl (C=O) groups is 2. The van der Waals surface area contributed by atoms with E-state index in [1.807, 2.05) is 0 Å². The molecule has 0 fully saturated rings. The Bertz CT molecular complexity index is 482. The molecule has 0 heterocycles. The van der Waals surface area contributed by atoms with E-state index >= 15 is 0 Å². The van der Waals surface area contributed by atoms with Crippen molar-refractivity contribution in [2.75, 3.05) is 4.90 Å². The van der Waals surface area contributed by atoms with E-state index in [4.69, 9.17) is 5.11 Å². The number of carboxylic acid groups (broad SMARTS) is 1. The Morgan fingerprint density at radius 1 is 1.21 bits per heavy atom. The Morgan fingerprint density at radius 3 is 2.00 bits per heavy atom. The molecule has 1 rings (SSSR count). The fourth-order valence-corrected chi connectivity index (χ4v) is 1.60. The summed E-state index contributed by atoms with van der Waals surface area (Å²) in [6.45, 7) is 2.43. The number of carboxylic acids is 1. The summed E-state index contributed by atoms with van der Waals surface area (Å²) in [6.07, 6.45) is -4.47. The second-order valence-corrected chi connectivity index (χ2v) is 3.95. The first-order valence-electron chi connectivity index (χ1n) is 5.34. The molecule has 0 aliphatic rings. The van der Waals surface area contributed by atoms with Crippen LogP contribution < -0.4 is 4.90 Å². The average molecular weight is 275 g/mol. The van der Waals surface area contributed by atoms with E-state index < -0.39 is 29.7 Å². The molecule has 1 unspecified atom stereocenters. The number of amides is 1. The molecule has 7 heteroatoms. The quantitative estimate of drug-likeness (QED) is 0.922. The van der Waals surface area contributed by atoms with Crippen molar-refractivity contribution in [3.8, 4) is 0 Å². The number of anilines is 1. The first kappa shape index (κ1) is 15.0. The molecule has 4 nitrogen and oxygen atoms in total. The first-order valence-corrected chi connectivity index (χ1v) is 5.34. The number of carbonyl (C=O) groups excluding carboxylic acids is 1. The van der Waals surface area contributed by atoms with Crippen molar-refractivity contribution in [3.63, 3.8) is 0 Å². The zero-order chi connectivity index (χ0) is 14.8. The van der Waals surface area contributed by atoms with Gasteiger partial charge in [-0.3, -0.25) is 9.69 Å². The Balaban J connectivity index is 3.12. The highest BCUT2D eigenvalue weighted by Crippen LogP contribution is 2.30. The Hall–Kier alpha value is -2.05. The molecule has 1 amide bonds. The minimum Gasteiger partial charge on any atom is -0.480 e. The maximum atomic E-state index is 12.4. The van der Waals surface area contributed by atoms with Gasteiger partial charge in [-0.25, -0.2) is 4.79 Å². The number of hydrogen-bond acceptors (Lipinski definition) is 2. The lowest BCUT2D eigenvalue weighted by atomic mass is 10.1. The molecular weight excluding hydrogens is 263 g/mol. The van der Waals surface area contributed by atoms with Crippen molar-refractivity contribution in [2.24, 2.45) is 0 Å². The Kier molecular flexibility index (Phi) is 4.18. The van der Waals surface area contributed by atoms with Gasteiger partial charge in [-0.15, -0.1) is 0 Å².